The van der Waals surface area contributed by atoms with Crippen LogP contribution in [0, 0.1) is 25.7 Å². The highest BCUT2D eigenvalue weighted by atomic mass is 16.5. The number of carbonyl (C=O) groups excluding carboxylic acids is 1. The van der Waals surface area contributed by atoms with Gasteiger partial charge in [0.25, 0.3) is 5.88 Å². The molecule has 7 nitrogen and oxygen atoms in total. The largest absolute Gasteiger partial charge is 0.471 e. The second-order valence-corrected chi connectivity index (χ2v) is 13.3. The van der Waals surface area contributed by atoms with Crippen molar-refractivity contribution < 1.29 is 14.1 Å². The number of benzene rings is 2. The Hall–Kier alpha value is -3.74. The molecule has 43 heavy (non-hydrogen) atoms. The Morgan fingerprint density at radius 3 is 2.56 bits per heavy atom. The summed E-state index contributed by atoms with van der Waals surface area (Å²) in [6.45, 7) is 9.20. The molecule has 2 heterocycles. The molecule has 2 aliphatic carbocycles. The summed E-state index contributed by atoms with van der Waals surface area (Å²) in [5.41, 5.74) is 4.52. The van der Waals surface area contributed by atoms with Gasteiger partial charge in [0.2, 0.25) is 0 Å². The number of rotatable bonds is 14. The second-order valence-electron chi connectivity index (χ2n) is 13.3. The number of carbonyl (C=O) groups is 1. The first-order chi connectivity index (χ1) is 20.8. The third-order valence-corrected chi connectivity index (χ3v) is 9.01. The van der Waals surface area contributed by atoms with Gasteiger partial charge >= 0.3 is 0 Å². The van der Waals surface area contributed by atoms with Crippen molar-refractivity contribution in [2.24, 2.45) is 11.8 Å². The zero-order valence-electron chi connectivity index (χ0n) is 26.0. The van der Waals surface area contributed by atoms with Gasteiger partial charge in [0, 0.05) is 43.2 Å². The van der Waals surface area contributed by atoms with Gasteiger partial charge in [0.15, 0.2) is 0 Å². The molecule has 0 N–H and O–H groups in total. The van der Waals surface area contributed by atoms with Gasteiger partial charge in [-0.15, -0.1) is 10.2 Å². The van der Waals surface area contributed by atoms with E-state index in [-0.39, 0.29) is 11.7 Å². The lowest BCUT2D eigenvalue weighted by molar-refractivity contribution is -0.118. The topological polar surface area (TPSA) is 83.0 Å². The summed E-state index contributed by atoms with van der Waals surface area (Å²) in [5.74, 6) is 5.19. The van der Waals surface area contributed by atoms with Crippen molar-refractivity contribution in [3.63, 3.8) is 0 Å². The summed E-state index contributed by atoms with van der Waals surface area (Å²) in [5, 5.41) is 13.8. The predicted octanol–water partition coefficient (Wildman–Crippen LogP) is 7.86. The SMILES string of the molecule is Cc1ccc(CC(=O)CC(Cc2cc(OCc3ccccc3)no2)c2nnc(C3CC(CC(C)C)C3)n2C2CC2)c(C)c1. The number of aromatic nitrogens is 4. The summed E-state index contributed by atoms with van der Waals surface area (Å²) in [4.78, 5) is 13.6. The molecule has 0 saturated heterocycles. The fraction of sp³-hybridized carbons (Fsp3) is 0.500. The van der Waals surface area contributed by atoms with Gasteiger partial charge in [0.1, 0.15) is 29.8 Å². The highest BCUT2D eigenvalue weighted by Crippen LogP contribution is 2.48. The van der Waals surface area contributed by atoms with E-state index < -0.39 is 0 Å². The van der Waals surface area contributed by atoms with Crippen molar-refractivity contribution in [1.82, 2.24) is 19.9 Å². The quantitative estimate of drug-likeness (QED) is 0.151. The van der Waals surface area contributed by atoms with Gasteiger partial charge in [-0.25, -0.2) is 0 Å². The number of aryl methyl sites for hydroxylation is 2. The van der Waals surface area contributed by atoms with Gasteiger partial charge < -0.3 is 13.8 Å². The van der Waals surface area contributed by atoms with Gasteiger partial charge in [-0.05, 0) is 79.6 Å². The molecular formula is C36H44N4O3. The molecule has 2 saturated carbocycles. The maximum absolute atomic E-state index is 13.6. The zero-order valence-corrected chi connectivity index (χ0v) is 26.0. The average Bonchev–Trinajstić information content (AvgIpc) is 3.54. The Kier molecular flexibility index (Phi) is 8.78. The minimum Gasteiger partial charge on any atom is -0.471 e. The molecule has 0 amide bonds. The zero-order chi connectivity index (χ0) is 29.9. The maximum atomic E-state index is 13.6. The highest BCUT2D eigenvalue weighted by molar-refractivity contribution is 5.82. The van der Waals surface area contributed by atoms with Crippen LogP contribution in [0.4, 0.5) is 0 Å². The Bertz CT molecular complexity index is 1530. The summed E-state index contributed by atoms with van der Waals surface area (Å²) in [6.07, 6.45) is 7.23. The number of hydrogen-bond donors (Lipinski definition) is 0. The lowest BCUT2D eigenvalue weighted by atomic mass is 9.71. The smallest absolute Gasteiger partial charge is 0.254 e. The second kappa shape index (κ2) is 12.9. The van der Waals surface area contributed by atoms with Crippen molar-refractivity contribution in [3.05, 3.63) is 94.3 Å². The van der Waals surface area contributed by atoms with Crippen LogP contribution < -0.4 is 4.74 Å². The van der Waals surface area contributed by atoms with Crippen molar-refractivity contribution in [2.75, 3.05) is 0 Å². The number of nitrogens with zero attached hydrogens (tertiary/aromatic N) is 4. The first kappa shape index (κ1) is 29.3. The lowest BCUT2D eigenvalue weighted by Crippen LogP contribution is -2.26. The molecule has 0 aliphatic heterocycles. The molecule has 2 aromatic carbocycles. The van der Waals surface area contributed by atoms with Gasteiger partial charge in [-0.1, -0.05) is 67.9 Å². The van der Waals surface area contributed by atoms with Crippen molar-refractivity contribution in [1.29, 1.82) is 0 Å². The van der Waals surface area contributed by atoms with E-state index in [4.69, 9.17) is 19.5 Å². The normalized spacial score (nSPS) is 18.9. The van der Waals surface area contributed by atoms with Crippen molar-refractivity contribution in [2.45, 2.75) is 104 Å². The third kappa shape index (κ3) is 7.26. The van der Waals surface area contributed by atoms with Crippen molar-refractivity contribution in [3.8, 4) is 5.88 Å². The molecule has 1 atom stereocenters. The fourth-order valence-electron chi connectivity index (χ4n) is 6.68. The van der Waals surface area contributed by atoms with Crippen LogP contribution in [-0.4, -0.2) is 25.7 Å². The Labute approximate surface area is 255 Å². The fourth-order valence-corrected chi connectivity index (χ4v) is 6.68. The van der Waals surface area contributed by atoms with Gasteiger partial charge in [0.05, 0.1) is 0 Å². The molecule has 7 heteroatoms. The van der Waals surface area contributed by atoms with Crippen LogP contribution in [0.2, 0.25) is 0 Å². The van der Waals surface area contributed by atoms with E-state index in [1.54, 1.807) is 0 Å². The summed E-state index contributed by atoms with van der Waals surface area (Å²) in [6, 6.07) is 18.6. The van der Waals surface area contributed by atoms with Crippen LogP contribution in [0.15, 0.2) is 59.1 Å². The summed E-state index contributed by atoms with van der Waals surface area (Å²) < 4.78 is 14.0. The number of Topliss-reactive ketones (excluding diaryl/α,β-unsaturated/α-hetero) is 1. The molecule has 2 aromatic heterocycles. The maximum Gasteiger partial charge on any atom is 0.254 e. The molecule has 226 valence electrons. The first-order valence-electron chi connectivity index (χ1n) is 16.0. The van der Waals surface area contributed by atoms with Gasteiger partial charge in [-0.3, -0.25) is 4.79 Å². The van der Waals surface area contributed by atoms with E-state index in [0.717, 1.165) is 53.0 Å². The molecule has 4 aromatic rings. The first-order valence-corrected chi connectivity index (χ1v) is 16.0. The monoisotopic (exact) mass is 580 g/mol. The number of ketones is 1. The number of hydrogen-bond acceptors (Lipinski definition) is 6. The lowest BCUT2D eigenvalue weighted by Gasteiger charge is -2.36. The summed E-state index contributed by atoms with van der Waals surface area (Å²) in [7, 11) is 0. The van der Waals surface area contributed by atoms with E-state index in [1.807, 2.05) is 36.4 Å². The minimum atomic E-state index is -0.151. The molecular weight excluding hydrogens is 536 g/mol. The molecule has 0 bridgehead atoms. The summed E-state index contributed by atoms with van der Waals surface area (Å²) >= 11 is 0. The van der Waals surface area contributed by atoms with Crippen LogP contribution in [0.1, 0.15) is 110 Å². The third-order valence-electron chi connectivity index (χ3n) is 9.01. The predicted molar refractivity (Wildman–Crippen MR) is 166 cm³/mol. The van der Waals surface area contributed by atoms with E-state index >= 15 is 0 Å². The molecule has 1 unspecified atom stereocenters. The molecule has 2 aliphatic rings. The Morgan fingerprint density at radius 2 is 1.84 bits per heavy atom. The van der Waals surface area contributed by atoms with E-state index in [2.05, 4.69) is 55.6 Å². The van der Waals surface area contributed by atoms with Gasteiger partial charge in [-0.2, -0.15) is 0 Å². The van der Waals surface area contributed by atoms with Crippen molar-refractivity contribution >= 4 is 5.78 Å². The highest BCUT2D eigenvalue weighted by Gasteiger charge is 2.40. The standard InChI is InChI=1S/C36H44N4O3/c1-23(2)14-27-16-29(17-27)35-37-38-36(40(35)31-12-13-31)30(19-32(41)18-28-11-10-24(3)15-25(28)4)20-33-21-34(39-43-33)42-22-26-8-6-5-7-9-26/h5-11,15,21,23,27,29-31H,12-14,16-20,22H2,1-4H3. The minimum absolute atomic E-state index is 0.151. The van der Waals surface area contributed by atoms with Crippen LogP contribution in [0.5, 0.6) is 5.88 Å². The van der Waals surface area contributed by atoms with E-state index in [9.17, 15) is 4.79 Å². The average molecular weight is 581 g/mol. The Morgan fingerprint density at radius 1 is 1.05 bits per heavy atom. The van der Waals surface area contributed by atoms with E-state index in [0.29, 0.717) is 49.5 Å². The van der Waals surface area contributed by atoms with Crippen LogP contribution >= 0.6 is 0 Å². The molecule has 0 radical (unpaired) electrons. The Balaban J connectivity index is 1.22. The number of ether oxygens (including phenoxy) is 1. The molecule has 2 fully saturated rings. The molecule has 0 spiro atoms. The van der Waals surface area contributed by atoms with E-state index in [1.165, 1.54) is 24.8 Å². The van der Waals surface area contributed by atoms with Crippen LogP contribution in [0.25, 0.3) is 0 Å². The molecule has 6 rings (SSSR count). The van der Waals surface area contributed by atoms with Crippen LogP contribution in [0.3, 0.4) is 0 Å². The van der Waals surface area contributed by atoms with Crippen LogP contribution in [-0.2, 0) is 24.2 Å².